The smallest absolute Gasteiger partial charge is 0.329 e. The number of nitrogens with zero attached hydrogens (tertiary/aromatic N) is 1. The third-order valence-corrected chi connectivity index (χ3v) is 3.27. The zero-order chi connectivity index (χ0) is 14.2. The van der Waals surface area contributed by atoms with Crippen molar-refractivity contribution in [3.8, 4) is 0 Å². The van der Waals surface area contributed by atoms with Gasteiger partial charge in [-0.05, 0) is 17.5 Å². The molecule has 0 saturated carbocycles. The van der Waals surface area contributed by atoms with Gasteiger partial charge in [0.1, 0.15) is 5.82 Å². The van der Waals surface area contributed by atoms with Crippen LogP contribution in [0.15, 0.2) is 24.3 Å². The van der Waals surface area contributed by atoms with Crippen LogP contribution in [-0.2, 0) is 4.79 Å². The average molecular weight is 264 g/mol. The number of amides is 3. The number of imide groups is 1. The number of hydrogen-bond acceptors (Lipinski definition) is 2. The second kappa shape index (κ2) is 4.64. The molecule has 1 aromatic rings. The van der Waals surface area contributed by atoms with Crippen molar-refractivity contribution in [3.05, 3.63) is 30.1 Å². The molecule has 0 spiro atoms. The maximum Gasteiger partial charge on any atom is 0.329 e. The van der Waals surface area contributed by atoms with Crippen LogP contribution in [0.4, 0.5) is 14.9 Å². The summed E-state index contributed by atoms with van der Waals surface area (Å²) in [7, 11) is 0. The molecule has 1 heterocycles. The highest BCUT2D eigenvalue weighted by Gasteiger charge is 2.39. The summed E-state index contributed by atoms with van der Waals surface area (Å²) in [5.41, 5.74) is -0.218. The number of rotatable bonds is 1. The lowest BCUT2D eigenvalue weighted by Gasteiger charge is -2.38. The normalized spacial score (nSPS) is 20.4. The van der Waals surface area contributed by atoms with Crippen molar-refractivity contribution in [2.75, 3.05) is 4.90 Å². The molecule has 102 valence electrons. The Balaban J connectivity index is 2.29. The van der Waals surface area contributed by atoms with Gasteiger partial charge in [-0.15, -0.1) is 0 Å². The number of carbonyl (C=O) groups excluding carboxylic acids is 2. The predicted octanol–water partition coefficient (Wildman–Crippen LogP) is 2.69. The van der Waals surface area contributed by atoms with Crippen LogP contribution in [0.3, 0.4) is 0 Å². The van der Waals surface area contributed by atoms with E-state index in [-0.39, 0.29) is 29.5 Å². The SMILES string of the molecule is CC(C)(C)C1CC(=O)N(c2ccccc2F)C(=O)N1. The maximum absolute atomic E-state index is 13.7. The van der Waals surface area contributed by atoms with Gasteiger partial charge in [0.25, 0.3) is 0 Å². The lowest BCUT2D eigenvalue weighted by molar-refractivity contribution is -0.119. The van der Waals surface area contributed by atoms with Crippen LogP contribution in [0.1, 0.15) is 27.2 Å². The molecule has 1 aliphatic rings. The van der Waals surface area contributed by atoms with Crippen LogP contribution in [-0.4, -0.2) is 18.0 Å². The topological polar surface area (TPSA) is 49.4 Å². The van der Waals surface area contributed by atoms with E-state index in [2.05, 4.69) is 5.32 Å². The predicted molar refractivity (Wildman–Crippen MR) is 70.3 cm³/mol. The Bertz CT molecular complexity index is 504. The molecule has 2 rings (SSSR count). The molecule has 0 aromatic heterocycles. The Morgan fingerprint density at radius 3 is 2.42 bits per heavy atom. The van der Waals surface area contributed by atoms with Gasteiger partial charge in [-0.2, -0.15) is 0 Å². The molecule has 1 fully saturated rings. The highest BCUT2D eigenvalue weighted by atomic mass is 19.1. The highest BCUT2D eigenvalue weighted by molar-refractivity contribution is 6.16. The van der Waals surface area contributed by atoms with Crippen molar-refractivity contribution >= 4 is 17.6 Å². The van der Waals surface area contributed by atoms with E-state index in [4.69, 9.17) is 0 Å². The maximum atomic E-state index is 13.7. The standard InChI is InChI=1S/C14H17FN2O2/c1-14(2,3)11-8-12(18)17(13(19)16-11)10-7-5-4-6-9(10)15/h4-7,11H,8H2,1-3H3,(H,16,19). The summed E-state index contributed by atoms with van der Waals surface area (Å²) in [5, 5.41) is 2.76. The van der Waals surface area contributed by atoms with E-state index in [0.29, 0.717) is 0 Å². The number of carbonyl (C=O) groups is 2. The Labute approximate surface area is 111 Å². The molecule has 19 heavy (non-hydrogen) atoms. The lowest BCUT2D eigenvalue weighted by atomic mass is 9.83. The Morgan fingerprint density at radius 2 is 1.89 bits per heavy atom. The molecular formula is C14H17FN2O2. The summed E-state index contributed by atoms with van der Waals surface area (Å²) >= 11 is 0. The molecular weight excluding hydrogens is 247 g/mol. The summed E-state index contributed by atoms with van der Waals surface area (Å²) in [5.74, 6) is -0.964. The first-order chi connectivity index (χ1) is 8.80. The van der Waals surface area contributed by atoms with E-state index < -0.39 is 11.8 Å². The molecule has 0 aliphatic carbocycles. The Hall–Kier alpha value is -1.91. The molecule has 1 saturated heterocycles. The summed E-state index contributed by atoms with van der Waals surface area (Å²) in [4.78, 5) is 25.0. The summed E-state index contributed by atoms with van der Waals surface area (Å²) in [6.07, 6.45) is 0.170. The Kier molecular flexibility index (Phi) is 3.30. The largest absolute Gasteiger partial charge is 0.334 e. The van der Waals surface area contributed by atoms with Gasteiger partial charge in [-0.1, -0.05) is 32.9 Å². The van der Waals surface area contributed by atoms with Crippen LogP contribution < -0.4 is 10.2 Å². The van der Waals surface area contributed by atoms with Gasteiger partial charge in [-0.3, -0.25) is 4.79 Å². The van der Waals surface area contributed by atoms with E-state index in [0.717, 1.165) is 4.90 Å². The first-order valence-electron chi connectivity index (χ1n) is 6.18. The second-order valence-corrected chi connectivity index (χ2v) is 5.75. The van der Waals surface area contributed by atoms with Crippen molar-refractivity contribution < 1.29 is 14.0 Å². The van der Waals surface area contributed by atoms with Crippen molar-refractivity contribution in [2.45, 2.75) is 33.2 Å². The number of anilines is 1. The second-order valence-electron chi connectivity index (χ2n) is 5.75. The molecule has 0 radical (unpaired) electrons. The lowest BCUT2D eigenvalue weighted by Crippen LogP contribution is -2.58. The summed E-state index contributed by atoms with van der Waals surface area (Å²) in [6.45, 7) is 5.85. The molecule has 5 heteroatoms. The Morgan fingerprint density at radius 1 is 1.26 bits per heavy atom. The minimum absolute atomic E-state index is 0.00245. The van der Waals surface area contributed by atoms with Gasteiger partial charge in [0.2, 0.25) is 5.91 Å². The molecule has 1 aromatic carbocycles. The van der Waals surface area contributed by atoms with Gasteiger partial charge in [0.15, 0.2) is 0 Å². The van der Waals surface area contributed by atoms with Gasteiger partial charge >= 0.3 is 6.03 Å². The zero-order valence-electron chi connectivity index (χ0n) is 11.2. The molecule has 1 N–H and O–H groups in total. The van der Waals surface area contributed by atoms with Crippen molar-refractivity contribution in [3.63, 3.8) is 0 Å². The number of nitrogens with one attached hydrogen (secondary N) is 1. The average Bonchev–Trinajstić information content (AvgIpc) is 2.29. The quantitative estimate of drug-likeness (QED) is 0.847. The fourth-order valence-corrected chi connectivity index (χ4v) is 2.04. The van der Waals surface area contributed by atoms with Crippen molar-refractivity contribution in [1.29, 1.82) is 0 Å². The number of urea groups is 1. The van der Waals surface area contributed by atoms with Crippen LogP contribution in [0.25, 0.3) is 0 Å². The molecule has 0 bridgehead atoms. The van der Waals surface area contributed by atoms with E-state index in [1.807, 2.05) is 20.8 Å². The van der Waals surface area contributed by atoms with Crippen LogP contribution in [0, 0.1) is 11.2 Å². The fraction of sp³-hybridized carbons (Fsp3) is 0.429. The number of hydrogen-bond donors (Lipinski definition) is 1. The van der Waals surface area contributed by atoms with Gasteiger partial charge in [0.05, 0.1) is 5.69 Å². The van der Waals surface area contributed by atoms with Crippen LogP contribution >= 0.6 is 0 Å². The minimum atomic E-state index is -0.583. The first-order valence-corrected chi connectivity index (χ1v) is 6.18. The molecule has 1 unspecified atom stereocenters. The summed E-state index contributed by atoms with van der Waals surface area (Å²) in [6, 6.07) is 4.95. The molecule has 4 nitrogen and oxygen atoms in total. The molecule has 3 amide bonds. The van der Waals surface area contributed by atoms with E-state index >= 15 is 0 Å². The van der Waals surface area contributed by atoms with Crippen molar-refractivity contribution in [2.24, 2.45) is 5.41 Å². The first kappa shape index (κ1) is 13.5. The van der Waals surface area contributed by atoms with E-state index in [1.54, 1.807) is 6.07 Å². The van der Waals surface area contributed by atoms with E-state index in [1.165, 1.54) is 18.2 Å². The minimum Gasteiger partial charge on any atom is -0.334 e. The fourth-order valence-electron chi connectivity index (χ4n) is 2.04. The zero-order valence-corrected chi connectivity index (χ0v) is 11.2. The van der Waals surface area contributed by atoms with Crippen LogP contribution in [0.2, 0.25) is 0 Å². The number of benzene rings is 1. The summed E-state index contributed by atoms with van der Waals surface area (Å²) < 4.78 is 13.7. The third-order valence-electron chi connectivity index (χ3n) is 3.27. The van der Waals surface area contributed by atoms with E-state index in [9.17, 15) is 14.0 Å². The molecule has 1 atom stereocenters. The third kappa shape index (κ3) is 2.59. The number of halogens is 1. The van der Waals surface area contributed by atoms with Crippen LogP contribution in [0.5, 0.6) is 0 Å². The van der Waals surface area contributed by atoms with Gasteiger partial charge < -0.3 is 5.32 Å². The number of para-hydroxylation sites is 1. The van der Waals surface area contributed by atoms with Gasteiger partial charge in [0, 0.05) is 12.5 Å². The highest BCUT2D eigenvalue weighted by Crippen LogP contribution is 2.28. The van der Waals surface area contributed by atoms with Gasteiger partial charge in [-0.25, -0.2) is 14.1 Å². The van der Waals surface area contributed by atoms with Crippen molar-refractivity contribution in [1.82, 2.24) is 5.32 Å². The monoisotopic (exact) mass is 264 g/mol. The molecule has 1 aliphatic heterocycles.